The molecule has 4 heteroatoms. The van der Waals surface area contributed by atoms with Crippen molar-refractivity contribution in [2.75, 3.05) is 7.11 Å². The topological polar surface area (TPSA) is 72.5 Å². The number of nitrogens with two attached hydrogens (primary N) is 1. The summed E-state index contributed by atoms with van der Waals surface area (Å²) in [5, 5.41) is 9.46. The number of aryl methyl sites for hydroxylation is 1. The van der Waals surface area contributed by atoms with Gasteiger partial charge in [-0.1, -0.05) is 0 Å². The first-order valence-electron chi connectivity index (χ1n) is 3.73. The Balaban J connectivity index is 3.35. The molecule has 1 aromatic carbocycles. The number of benzene rings is 1. The number of methoxy groups -OCH3 is 1. The predicted octanol–water partition coefficient (Wildman–Crippen LogP) is 0.808. The van der Waals surface area contributed by atoms with Crippen LogP contribution in [0.1, 0.15) is 15.9 Å². The summed E-state index contributed by atoms with van der Waals surface area (Å²) in [6.07, 6.45) is 0. The van der Waals surface area contributed by atoms with Gasteiger partial charge in [-0.2, -0.15) is 0 Å². The molecule has 0 aromatic heterocycles. The Labute approximate surface area is 75.9 Å². The van der Waals surface area contributed by atoms with Crippen LogP contribution < -0.4 is 10.5 Å². The summed E-state index contributed by atoms with van der Waals surface area (Å²) >= 11 is 0. The summed E-state index contributed by atoms with van der Waals surface area (Å²) in [5.74, 6) is -0.617. The Bertz CT molecular complexity index is 347. The fraction of sp³-hybridized carbons (Fsp3) is 0.222. The van der Waals surface area contributed by atoms with E-state index < -0.39 is 5.91 Å². The van der Waals surface area contributed by atoms with Crippen LogP contribution in [0.25, 0.3) is 0 Å². The molecule has 0 bridgehead atoms. The summed E-state index contributed by atoms with van der Waals surface area (Å²) in [6, 6.07) is 3.14. The molecule has 0 spiro atoms. The number of primary amides is 1. The van der Waals surface area contributed by atoms with E-state index in [1.54, 1.807) is 13.0 Å². The lowest BCUT2D eigenvalue weighted by molar-refractivity contribution is 0.0997. The van der Waals surface area contributed by atoms with Gasteiger partial charge in [0, 0.05) is 0 Å². The van der Waals surface area contributed by atoms with Crippen LogP contribution in [-0.2, 0) is 0 Å². The van der Waals surface area contributed by atoms with Crippen LogP contribution in [0.2, 0.25) is 0 Å². The second kappa shape index (κ2) is 3.35. The molecule has 1 amide bonds. The molecule has 70 valence electrons. The number of rotatable bonds is 2. The molecule has 13 heavy (non-hydrogen) atoms. The van der Waals surface area contributed by atoms with Crippen molar-refractivity contribution in [1.82, 2.24) is 0 Å². The maximum atomic E-state index is 10.8. The van der Waals surface area contributed by atoms with Crippen LogP contribution in [0.5, 0.6) is 11.5 Å². The largest absolute Gasteiger partial charge is 0.504 e. The Hall–Kier alpha value is -1.71. The molecule has 1 rings (SSSR count). The second-order valence-electron chi connectivity index (χ2n) is 2.73. The molecule has 4 nitrogen and oxygen atoms in total. The lowest BCUT2D eigenvalue weighted by Crippen LogP contribution is -2.11. The zero-order chi connectivity index (χ0) is 10.0. The molecule has 0 aliphatic heterocycles. The number of carbonyl (C=O) groups excluding carboxylic acids is 1. The van der Waals surface area contributed by atoms with Crippen molar-refractivity contribution in [3.05, 3.63) is 23.3 Å². The first kappa shape index (κ1) is 9.38. The van der Waals surface area contributed by atoms with Crippen LogP contribution in [-0.4, -0.2) is 18.1 Å². The van der Waals surface area contributed by atoms with Gasteiger partial charge in [-0.3, -0.25) is 4.79 Å². The third-order valence-electron chi connectivity index (χ3n) is 1.70. The van der Waals surface area contributed by atoms with Crippen molar-refractivity contribution in [3.8, 4) is 11.5 Å². The summed E-state index contributed by atoms with van der Waals surface area (Å²) in [5.41, 5.74) is 5.94. The monoisotopic (exact) mass is 181 g/mol. The van der Waals surface area contributed by atoms with E-state index in [1.165, 1.54) is 13.2 Å². The maximum absolute atomic E-state index is 10.8. The molecule has 0 atom stereocenters. The van der Waals surface area contributed by atoms with Gasteiger partial charge in [-0.25, -0.2) is 0 Å². The van der Waals surface area contributed by atoms with E-state index in [4.69, 9.17) is 10.5 Å². The summed E-state index contributed by atoms with van der Waals surface area (Å²) in [6.45, 7) is 1.79. The number of amides is 1. The smallest absolute Gasteiger partial charge is 0.252 e. The molecular formula is C9H11NO3. The van der Waals surface area contributed by atoms with Gasteiger partial charge in [-0.05, 0) is 24.6 Å². The van der Waals surface area contributed by atoms with E-state index in [-0.39, 0.29) is 17.1 Å². The lowest BCUT2D eigenvalue weighted by atomic mass is 10.1. The first-order valence-corrected chi connectivity index (χ1v) is 3.73. The molecule has 0 unspecified atom stereocenters. The average molecular weight is 181 g/mol. The van der Waals surface area contributed by atoms with Gasteiger partial charge in [0.1, 0.15) is 0 Å². The van der Waals surface area contributed by atoms with E-state index in [1.807, 2.05) is 0 Å². The standard InChI is InChI=1S/C9H11NO3/c1-5-3-6(9(10)12)8(11)7(4-5)13-2/h3-4,11H,1-2H3,(H2,10,12). The summed E-state index contributed by atoms with van der Waals surface area (Å²) in [7, 11) is 1.42. The van der Waals surface area contributed by atoms with Crippen LogP contribution in [0.4, 0.5) is 0 Å². The third kappa shape index (κ3) is 1.72. The van der Waals surface area contributed by atoms with Crippen LogP contribution in [0, 0.1) is 6.92 Å². The normalized spacial score (nSPS) is 9.69. The maximum Gasteiger partial charge on any atom is 0.252 e. The van der Waals surface area contributed by atoms with Gasteiger partial charge in [0.15, 0.2) is 11.5 Å². The third-order valence-corrected chi connectivity index (χ3v) is 1.70. The van der Waals surface area contributed by atoms with E-state index in [2.05, 4.69) is 0 Å². The number of carbonyl (C=O) groups is 1. The van der Waals surface area contributed by atoms with Gasteiger partial charge in [0.05, 0.1) is 12.7 Å². The minimum atomic E-state index is -0.667. The second-order valence-corrected chi connectivity index (χ2v) is 2.73. The highest BCUT2D eigenvalue weighted by molar-refractivity contribution is 5.96. The number of ether oxygens (including phenoxy) is 1. The summed E-state index contributed by atoms with van der Waals surface area (Å²) < 4.78 is 4.86. The fourth-order valence-corrected chi connectivity index (χ4v) is 1.09. The number of hydrogen-bond donors (Lipinski definition) is 2. The minimum absolute atomic E-state index is 0.0804. The van der Waals surface area contributed by atoms with Gasteiger partial charge >= 0.3 is 0 Å². The van der Waals surface area contributed by atoms with E-state index in [0.29, 0.717) is 0 Å². The predicted molar refractivity (Wildman–Crippen MR) is 47.9 cm³/mol. The Morgan fingerprint density at radius 2 is 2.15 bits per heavy atom. The fourth-order valence-electron chi connectivity index (χ4n) is 1.09. The molecule has 0 fully saturated rings. The quantitative estimate of drug-likeness (QED) is 0.709. The van der Waals surface area contributed by atoms with Crippen LogP contribution >= 0.6 is 0 Å². The molecule has 1 aromatic rings. The Kier molecular flexibility index (Phi) is 2.41. The average Bonchev–Trinajstić information content (AvgIpc) is 2.08. The zero-order valence-corrected chi connectivity index (χ0v) is 7.50. The molecule has 0 heterocycles. The SMILES string of the molecule is COc1cc(C)cc(C(N)=O)c1O. The van der Waals surface area contributed by atoms with Crippen molar-refractivity contribution in [3.63, 3.8) is 0 Å². The molecular weight excluding hydrogens is 170 g/mol. The van der Waals surface area contributed by atoms with Gasteiger partial charge < -0.3 is 15.6 Å². The van der Waals surface area contributed by atoms with Crippen LogP contribution in [0.3, 0.4) is 0 Å². The summed E-state index contributed by atoms with van der Waals surface area (Å²) in [4.78, 5) is 10.8. The highest BCUT2D eigenvalue weighted by Gasteiger charge is 2.12. The number of phenols is 1. The van der Waals surface area contributed by atoms with Gasteiger partial charge in [0.25, 0.3) is 5.91 Å². The van der Waals surface area contributed by atoms with Gasteiger partial charge in [0.2, 0.25) is 0 Å². The van der Waals surface area contributed by atoms with Crippen molar-refractivity contribution >= 4 is 5.91 Å². The van der Waals surface area contributed by atoms with Gasteiger partial charge in [-0.15, -0.1) is 0 Å². The highest BCUT2D eigenvalue weighted by Crippen LogP contribution is 2.30. The van der Waals surface area contributed by atoms with Crippen molar-refractivity contribution in [2.24, 2.45) is 5.73 Å². The number of hydrogen-bond acceptors (Lipinski definition) is 3. The molecule has 0 saturated heterocycles. The Morgan fingerprint density at radius 1 is 1.54 bits per heavy atom. The molecule has 0 saturated carbocycles. The van der Waals surface area contributed by atoms with Crippen molar-refractivity contribution in [1.29, 1.82) is 0 Å². The lowest BCUT2D eigenvalue weighted by Gasteiger charge is -2.07. The molecule has 0 radical (unpaired) electrons. The van der Waals surface area contributed by atoms with E-state index in [0.717, 1.165) is 5.56 Å². The molecule has 3 N–H and O–H groups in total. The zero-order valence-electron chi connectivity index (χ0n) is 7.50. The van der Waals surface area contributed by atoms with Crippen LogP contribution in [0.15, 0.2) is 12.1 Å². The Morgan fingerprint density at radius 3 is 2.62 bits per heavy atom. The van der Waals surface area contributed by atoms with E-state index >= 15 is 0 Å². The molecule has 0 aliphatic carbocycles. The van der Waals surface area contributed by atoms with Crippen molar-refractivity contribution < 1.29 is 14.6 Å². The molecule has 0 aliphatic rings. The minimum Gasteiger partial charge on any atom is -0.504 e. The first-order chi connectivity index (χ1) is 6.06. The number of aromatic hydroxyl groups is 1. The van der Waals surface area contributed by atoms with Crippen molar-refractivity contribution in [2.45, 2.75) is 6.92 Å². The van der Waals surface area contributed by atoms with E-state index in [9.17, 15) is 9.90 Å². The highest BCUT2D eigenvalue weighted by atomic mass is 16.5.